The van der Waals surface area contributed by atoms with E-state index >= 15 is 0 Å². The van der Waals surface area contributed by atoms with Gasteiger partial charge in [-0.15, -0.1) is 5.73 Å². The lowest BCUT2D eigenvalue weighted by atomic mass is 10.1. The van der Waals surface area contributed by atoms with E-state index in [0.717, 1.165) is 16.0 Å². The zero-order valence-corrected chi connectivity index (χ0v) is 15.3. The number of amides is 1. The van der Waals surface area contributed by atoms with Crippen LogP contribution in [0.5, 0.6) is 0 Å². The van der Waals surface area contributed by atoms with Crippen LogP contribution in [0.25, 0.3) is 0 Å². The van der Waals surface area contributed by atoms with E-state index in [1.54, 1.807) is 0 Å². The van der Waals surface area contributed by atoms with E-state index in [1.807, 2.05) is 60.7 Å². The van der Waals surface area contributed by atoms with Crippen LogP contribution < -0.4 is 0 Å². The van der Waals surface area contributed by atoms with Gasteiger partial charge in [-0.1, -0.05) is 67.2 Å². The molecule has 3 rings (SSSR count). The Balaban J connectivity index is 1.67. The molecule has 28 heavy (non-hydrogen) atoms. The fraction of sp³-hybridized carbons (Fsp3) is 0.227. The van der Waals surface area contributed by atoms with Crippen LogP contribution in [0, 0.1) is 0 Å². The predicted molar refractivity (Wildman–Crippen MR) is 102 cm³/mol. The van der Waals surface area contributed by atoms with Gasteiger partial charge >= 0.3 is 12.1 Å². The van der Waals surface area contributed by atoms with Gasteiger partial charge < -0.3 is 14.6 Å². The minimum Gasteiger partial charge on any atom is -0.459 e. The Morgan fingerprint density at radius 1 is 1.00 bits per heavy atom. The summed E-state index contributed by atoms with van der Waals surface area (Å²) >= 11 is 0. The number of nitrogens with zero attached hydrogens (tertiary/aromatic N) is 1. The summed E-state index contributed by atoms with van der Waals surface area (Å²) in [4.78, 5) is 26.3. The molecule has 144 valence electrons. The van der Waals surface area contributed by atoms with E-state index in [1.165, 1.54) is 0 Å². The van der Waals surface area contributed by atoms with E-state index in [9.17, 15) is 14.7 Å². The number of likely N-dealkylation sites (tertiary alicyclic amines) is 1. The molecule has 2 aromatic rings. The van der Waals surface area contributed by atoms with E-state index in [4.69, 9.17) is 9.47 Å². The molecule has 1 fully saturated rings. The fourth-order valence-corrected chi connectivity index (χ4v) is 2.95. The van der Waals surface area contributed by atoms with Crippen molar-refractivity contribution in [3.63, 3.8) is 0 Å². The van der Waals surface area contributed by atoms with Crippen molar-refractivity contribution in [3.8, 4) is 0 Å². The van der Waals surface area contributed by atoms with Crippen molar-refractivity contribution in [2.75, 3.05) is 6.54 Å². The summed E-state index contributed by atoms with van der Waals surface area (Å²) in [6, 6.07) is 17.2. The number of benzene rings is 2. The van der Waals surface area contributed by atoms with Crippen molar-refractivity contribution in [2.45, 2.75) is 25.4 Å². The normalized spacial score (nSPS) is 18.5. The first-order valence-electron chi connectivity index (χ1n) is 8.85. The van der Waals surface area contributed by atoms with Gasteiger partial charge in [-0.25, -0.2) is 9.59 Å². The van der Waals surface area contributed by atoms with Gasteiger partial charge in [-0.3, -0.25) is 4.90 Å². The summed E-state index contributed by atoms with van der Waals surface area (Å²) in [5.41, 5.74) is 4.56. The number of ether oxygens (including phenoxy) is 2. The van der Waals surface area contributed by atoms with Gasteiger partial charge in [0, 0.05) is 5.57 Å². The van der Waals surface area contributed by atoms with E-state index < -0.39 is 24.2 Å². The molecule has 0 bridgehead atoms. The Bertz CT molecular complexity index is 874. The first-order chi connectivity index (χ1) is 13.6. The zero-order valence-electron chi connectivity index (χ0n) is 15.3. The summed E-state index contributed by atoms with van der Waals surface area (Å²) in [5.74, 6) is -0.710. The predicted octanol–water partition coefficient (Wildman–Crippen LogP) is 2.82. The second-order valence-corrected chi connectivity index (χ2v) is 6.35. The standard InChI is InChI=1S/C22H21NO5/c1-2-18-13-23(22(26)28-15-17-11-7-4-8-12-17)19(20(18)24)21(25)27-14-16-9-5-3-6-10-16/h3-12,19-20,24H,1,13-15H2/t19-,20-/m0/s1. The van der Waals surface area contributed by atoms with Crippen molar-refractivity contribution in [1.82, 2.24) is 4.90 Å². The maximum Gasteiger partial charge on any atom is 0.411 e. The van der Waals surface area contributed by atoms with Gasteiger partial charge in [0.15, 0.2) is 6.04 Å². The van der Waals surface area contributed by atoms with Crippen LogP contribution in [0.15, 0.2) is 78.5 Å². The molecule has 1 amide bonds. The summed E-state index contributed by atoms with van der Waals surface area (Å²) in [6.45, 7) is 3.62. The van der Waals surface area contributed by atoms with Crippen LogP contribution in [0.4, 0.5) is 4.79 Å². The van der Waals surface area contributed by atoms with Gasteiger partial charge in [0.25, 0.3) is 0 Å². The number of aliphatic hydroxyl groups excluding tert-OH is 1. The molecule has 2 aromatic carbocycles. The minimum atomic E-state index is -1.23. The smallest absolute Gasteiger partial charge is 0.411 e. The molecule has 0 radical (unpaired) electrons. The number of rotatable bonds is 5. The molecule has 1 heterocycles. The van der Waals surface area contributed by atoms with Gasteiger partial charge in [0.1, 0.15) is 19.3 Å². The van der Waals surface area contributed by atoms with E-state index in [0.29, 0.717) is 5.57 Å². The van der Waals surface area contributed by atoms with Crippen LogP contribution in [0.3, 0.4) is 0 Å². The summed E-state index contributed by atoms with van der Waals surface area (Å²) in [5, 5.41) is 10.4. The Kier molecular flexibility index (Phi) is 6.27. The molecule has 1 aliphatic heterocycles. The average molecular weight is 379 g/mol. The Morgan fingerprint density at radius 2 is 1.54 bits per heavy atom. The quantitative estimate of drug-likeness (QED) is 0.639. The third-order valence-electron chi connectivity index (χ3n) is 4.46. The second kappa shape index (κ2) is 9.04. The van der Waals surface area contributed by atoms with Crippen molar-refractivity contribution in [3.05, 3.63) is 89.7 Å². The Morgan fingerprint density at radius 3 is 2.07 bits per heavy atom. The summed E-state index contributed by atoms with van der Waals surface area (Å²) in [6.07, 6.45) is -1.94. The maximum absolute atomic E-state index is 12.6. The van der Waals surface area contributed by atoms with Crippen molar-refractivity contribution < 1.29 is 24.2 Å². The Labute approximate surface area is 163 Å². The molecule has 1 saturated heterocycles. The largest absolute Gasteiger partial charge is 0.459 e. The molecule has 6 nitrogen and oxygen atoms in total. The highest BCUT2D eigenvalue weighted by molar-refractivity contribution is 5.84. The molecule has 1 aliphatic rings. The zero-order chi connectivity index (χ0) is 19.9. The van der Waals surface area contributed by atoms with E-state index in [-0.39, 0.29) is 19.8 Å². The number of hydrogen-bond donors (Lipinski definition) is 1. The third kappa shape index (κ3) is 4.49. The highest BCUT2D eigenvalue weighted by Gasteiger charge is 2.46. The average Bonchev–Trinajstić information content (AvgIpc) is 3.08. The maximum atomic E-state index is 12.6. The third-order valence-corrected chi connectivity index (χ3v) is 4.46. The lowest BCUT2D eigenvalue weighted by Gasteiger charge is -2.23. The molecule has 0 unspecified atom stereocenters. The monoisotopic (exact) mass is 379 g/mol. The lowest BCUT2D eigenvalue weighted by molar-refractivity contribution is -0.152. The number of aliphatic hydroxyl groups is 1. The molecule has 1 N–H and O–H groups in total. The molecular weight excluding hydrogens is 358 g/mol. The topological polar surface area (TPSA) is 76.1 Å². The number of carbonyl (C=O) groups excluding carboxylic acids is 2. The van der Waals surface area contributed by atoms with Crippen molar-refractivity contribution >= 4 is 12.1 Å². The van der Waals surface area contributed by atoms with Gasteiger partial charge in [-0.2, -0.15) is 0 Å². The highest BCUT2D eigenvalue weighted by atomic mass is 16.6. The molecular formula is C22H21NO5. The SMILES string of the molecule is C=C=C1CN(C(=O)OCc2ccccc2)[C@H](C(=O)OCc2ccccc2)[C@H]1O. The van der Waals surface area contributed by atoms with Crippen LogP contribution in [0.1, 0.15) is 11.1 Å². The van der Waals surface area contributed by atoms with Crippen LogP contribution in [-0.4, -0.2) is 40.8 Å². The van der Waals surface area contributed by atoms with Crippen molar-refractivity contribution in [1.29, 1.82) is 0 Å². The first-order valence-corrected chi connectivity index (χ1v) is 8.85. The number of esters is 1. The molecule has 0 spiro atoms. The van der Waals surface area contributed by atoms with Crippen LogP contribution >= 0.6 is 0 Å². The molecule has 6 heteroatoms. The van der Waals surface area contributed by atoms with Crippen LogP contribution in [0.2, 0.25) is 0 Å². The minimum absolute atomic E-state index is 0.00337. The van der Waals surface area contributed by atoms with Crippen LogP contribution in [-0.2, 0) is 27.5 Å². The highest BCUT2D eigenvalue weighted by Crippen LogP contribution is 2.25. The van der Waals surface area contributed by atoms with Gasteiger partial charge in [0.2, 0.25) is 0 Å². The summed E-state index contributed by atoms with van der Waals surface area (Å²) in [7, 11) is 0. The molecule has 0 aromatic heterocycles. The van der Waals surface area contributed by atoms with Gasteiger partial charge in [0.05, 0.1) is 6.54 Å². The van der Waals surface area contributed by atoms with Gasteiger partial charge in [-0.05, 0) is 11.1 Å². The molecule has 0 saturated carbocycles. The van der Waals surface area contributed by atoms with E-state index in [2.05, 4.69) is 12.3 Å². The summed E-state index contributed by atoms with van der Waals surface area (Å²) < 4.78 is 10.6. The Hall–Kier alpha value is -3.34. The lowest BCUT2D eigenvalue weighted by Crippen LogP contribution is -2.46. The molecule has 0 aliphatic carbocycles. The fourth-order valence-electron chi connectivity index (χ4n) is 2.95. The second-order valence-electron chi connectivity index (χ2n) is 6.35. The number of carbonyl (C=O) groups is 2. The van der Waals surface area contributed by atoms with Crippen molar-refractivity contribution in [2.24, 2.45) is 0 Å². The first kappa shape index (κ1) is 19.4. The number of hydrogen-bond acceptors (Lipinski definition) is 5. The molecule has 2 atom stereocenters.